The number of anilines is 1. The number of carbonyl (C=O) groups is 2. The average molecular weight is 276 g/mol. The normalized spacial score (nSPS) is 10.5. The van der Waals surface area contributed by atoms with Crippen LogP contribution in [0.1, 0.15) is 15.2 Å². The second-order valence-corrected chi connectivity index (χ2v) is 4.38. The lowest BCUT2D eigenvalue weighted by Crippen LogP contribution is -2.12. The molecule has 0 unspecified atom stereocenters. The monoisotopic (exact) mass is 276 g/mol. The first-order chi connectivity index (χ1) is 9.15. The molecule has 0 atom stereocenters. The summed E-state index contributed by atoms with van der Waals surface area (Å²) in [4.78, 5) is 34.2. The van der Waals surface area contributed by atoms with Crippen LogP contribution in [0.25, 0.3) is 6.08 Å². The van der Waals surface area contributed by atoms with Crippen LogP contribution in [0.5, 0.6) is 0 Å². The highest BCUT2D eigenvalue weighted by Crippen LogP contribution is 2.19. The highest BCUT2D eigenvalue weighted by atomic mass is 32.1. The zero-order chi connectivity index (χ0) is 13.7. The fraction of sp³-hybridized carbons (Fsp3) is 0. The van der Waals surface area contributed by atoms with Gasteiger partial charge in [0.25, 0.3) is 5.91 Å². The van der Waals surface area contributed by atoms with Crippen LogP contribution in [-0.2, 0) is 4.79 Å². The van der Waals surface area contributed by atoms with E-state index in [1.54, 1.807) is 0 Å². The smallest absolute Gasteiger partial charge is 0.328 e. The van der Waals surface area contributed by atoms with Crippen molar-refractivity contribution in [3.63, 3.8) is 0 Å². The van der Waals surface area contributed by atoms with Gasteiger partial charge in [0, 0.05) is 29.5 Å². The first kappa shape index (κ1) is 12.8. The van der Waals surface area contributed by atoms with Crippen LogP contribution >= 0.6 is 11.3 Å². The Kier molecular flexibility index (Phi) is 3.94. The van der Waals surface area contributed by atoms with Gasteiger partial charge in [0.1, 0.15) is 6.33 Å². The molecule has 0 fully saturated rings. The molecular formula is C11H8N4O3S. The summed E-state index contributed by atoms with van der Waals surface area (Å²) < 4.78 is 0. The van der Waals surface area contributed by atoms with Crippen LogP contribution in [0, 0.1) is 0 Å². The number of aliphatic carboxylic acids is 1. The molecular weight excluding hydrogens is 268 g/mol. The van der Waals surface area contributed by atoms with Crippen LogP contribution in [0.2, 0.25) is 0 Å². The maximum absolute atomic E-state index is 11.8. The average Bonchev–Trinajstić information content (AvgIpc) is 2.85. The Morgan fingerprint density at radius 1 is 1.26 bits per heavy atom. The van der Waals surface area contributed by atoms with E-state index in [4.69, 9.17) is 5.11 Å². The van der Waals surface area contributed by atoms with Crippen molar-refractivity contribution in [2.24, 2.45) is 0 Å². The Labute approximate surface area is 111 Å². The van der Waals surface area contributed by atoms with Crippen molar-refractivity contribution in [2.45, 2.75) is 0 Å². The summed E-state index contributed by atoms with van der Waals surface area (Å²) >= 11 is 1.16. The van der Waals surface area contributed by atoms with Crippen molar-refractivity contribution in [3.05, 3.63) is 41.4 Å². The van der Waals surface area contributed by atoms with Crippen LogP contribution in [-0.4, -0.2) is 31.9 Å². The van der Waals surface area contributed by atoms with Gasteiger partial charge >= 0.3 is 5.97 Å². The minimum Gasteiger partial charge on any atom is -0.478 e. The van der Waals surface area contributed by atoms with Gasteiger partial charge in [0.05, 0.1) is 5.56 Å². The molecule has 2 N–H and O–H groups in total. The number of carbonyl (C=O) groups excluding carboxylic acids is 1. The zero-order valence-corrected chi connectivity index (χ0v) is 10.3. The summed E-state index contributed by atoms with van der Waals surface area (Å²) in [5, 5.41) is 11.4. The molecule has 0 aromatic carbocycles. The fourth-order valence-corrected chi connectivity index (χ4v) is 1.87. The predicted octanol–water partition coefficient (Wildman–Crippen LogP) is 1.28. The lowest BCUT2D eigenvalue weighted by atomic mass is 10.3. The van der Waals surface area contributed by atoms with Gasteiger partial charge in [-0.3, -0.25) is 10.1 Å². The number of rotatable bonds is 4. The van der Waals surface area contributed by atoms with E-state index in [0.717, 1.165) is 17.4 Å². The number of hydrogen-bond donors (Lipinski definition) is 2. The van der Waals surface area contributed by atoms with Gasteiger partial charge in [-0.05, 0) is 6.08 Å². The standard InChI is InChI=1S/C11H8N4O3S/c16-9(17)2-1-8-5-14-11(19-8)15-10(18)7-3-12-6-13-4-7/h1-6H,(H,16,17)(H,14,15,18)/b2-1+. The van der Waals surface area contributed by atoms with Crippen molar-refractivity contribution in [2.75, 3.05) is 5.32 Å². The number of nitrogens with one attached hydrogen (secondary N) is 1. The third-order valence-electron chi connectivity index (χ3n) is 1.96. The zero-order valence-electron chi connectivity index (χ0n) is 9.48. The van der Waals surface area contributed by atoms with Crippen molar-refractivity contribution in [1.29, 1.82) is 0 Å². The molecule has 2 aromatic heterocycles. The Morgan fingerprint density at radius 3 is 2.68 bits per heavy atom. The van der Waals surface area contributed by atoms with Gasteiger partial charge in [-0.2, -0.15) is 0 Å². The molecule has 8 heteroatoms. The number of aromatic nitrogens is 3. The van der Waals surface area contributed by atoms with Crippen molar-refractivity contribution in [1.82, 2.24) is 15.0 Å². The van der Waals surface area contributed by atoms with E-state index >= 15 is 0 Å². The van der Waals surface area contributed by atoms with Gasteiger partial charge in [0.2, 0.25) is 0 Å². The molecule has 0 aliphatic heterocycles. The molecule has 2 aromatic rings. The third-order valence-corrected chi connectivity index (χ3v) is 2.83. The maximum Gasteiger partial charge on any atom is 0.328 e. The summed E-state index contributed by atoms with van der Waals surface area (Å²) in [6.07, 6.45) is 7.99. The summed E-state index contributed by atoms with van der Waals surface area (Å²) in [6, 6.07) is 0. The Bertz CT molecular complexity index is 624. The van der Waals surface area contributed by atoms with E-state index in [2.05, 4.69) is 20.3 Å². The second-order valence-electron chi connectivity index (χ2n) is 3.32. The third kappa shape index (κ3) is 3.68. The lowest BCUT2D eigenvalue weighted by Gasteiger charge is -1.99. The summed E-state index contributed by atoms with van der Waals surface area (Å²) in [5.41, 5.74) is 0.320. The number of hydrogen-bond acceptors (Lipinski definition) is 6. The van der Waals surface area contributed by atoms with Crippen LogP contribution in [0.15, 0.2) is 31.0 Å². The summed E-state index contributed by atoms with van der Waals surface area (Å²) in [6.45, 7) is 0. The molecule has 1 amide bonds. The quantitative estimate of drug-likeness (QED) is 0.815. The van der Waals surface area contributed by atoms with Gasteiger partial charge in [0.15, 0.2) is 5.13 Å². The molecule has 0 saturated heterocycles. The van der Waals surface area contributed by atoms with E-state index in [-0.39, 0.29) is 5.91 Å². The predicted molar refractivity (Wildman–Crippen MR) is 68.8 cm³/mol. The summed E-state index contributed by atoms with van der Waals surface area (Å²) in [7, 11) is 0. The van der Waals surface area contributed by atoms with Crippen LogP contribution in [0.4, 0.5) is 5.13 Å². The Balaban J connectivity index is 2.04. The fourth-order valence-electron chi connectivity index (χ4n) is 1.16. The van der Waals surface area contributed by atoms with Gasteiger partial charge in [-0.15, -0.1) is 0 Å². The second kappa shape index (κ2) is 5.83. The highest BCUT2D eigenvalue weighted by Gasteiger charge is 2.08. The van der Waals surface area contributed by atoms with E-state index in [1.165, 1.54) is 31.0 Å². The molecule has 0 spiro atoms. The van der Waals surface area contributed by atoms with E-state index < -0.39 is 5.97 Å². The SMILES string of the molecule is O=C(O)/C=C/c1cnc(NC(=O)c2cncnc2)s1. The minimum absolute atomic E-state index is 0.320. The van der Waals surface area contributed by atoms with Crippen LogP contribution in [0.3, 0.4) is 0 Å². The van der Waals surface area contributed by atoms with Gasteiger partial charge < -0.3 is 5.11 Å². The number of thiazole rings is 1. The first-order valence-electron chi connectivity index (χ1n) is 5.08. The molecule has 0 bridgehead atoms. The molecule has 0 aliphatic rings. The lowest BCUT2D eigenvalue weighted by molar-refractivity contribution is -0.131. The minimum atomic E-state index is -1.04. The molecule has 96 valence electrons. The molecule has 2 rings (SSSR count). The molecule has 0 aliphatic carbocycles. The van der Waals surface area contributed by atoms with E-state index in [0.29, 0.717) is 15.6 Å². The maximum atomic E-state index is 11.8. The Morgan fingerprint density at radius 2 is 2.00 bits per heavy atom. The topological polar surface area (TPSA) is 105 Å². The molecule has 0 saturated carbocycles. The molecule has 2 heterocycles. The number of carboxylic acids is 1. The van der Waals surface area contributed by atoms with E-state index in [9.17, 15) is 9.59 Å². The number of amides is 1. The van der Waals surface area contributed by atoms with Gasteiger partial charge in [-0.25, -0.2) is 19.7 Å². The molecule has 19 heavy (non-hydrogen) atoms. The molecule has 0 radical (unpaired) electrons. The first-order valence-corrected chi connectivity index (χ1v) is 5.90. The highest BCUT2D eigenvalue weighted by molar-refractivity contribution is 7.16. The molecule has 7 nitrogen and oxygen atoms in total. The Hall–Kier alpha value is -2.61. The number of carboxylic acid groups (broad SMARTS) is 1. The van der Waals surface area contributed by atoms with Crippen molar-refractivity contribution in [3.8, 4) is 0 Å². The van der Waals surface area contributed by atoms with Crippen molar-refractivity contribution < 1.29 is 14.7 Å². The largest absolute Gasteiger partial charge is 0.478 e. The van der Waals surface area contributed by atoms with Gasteiger partial charge in [-0.1, -0.05) is 11.3 Å². The van der Waals surface area contributed by atoms with Crippen LogP contribution < -0.4 is 5.32 Å². The van der Waals surface area contributed by atoms with E-state index in [1.807, 2.05) is 0 Å². The van der Waals surface area contributed by atoms with Crippen molar-refractivity contribution >= 4 is 34.4 Å². The number of nitrogens with zero attached hydrogens (tertiary/aromatic N) is 3. The summed E-state index contributed by atoms with van der Waals surface area (Å²) in [5.74, 6) is -1.41.